The number of nitrogens with zero attached hydrogens (tertiary/aromatic N) is 1. The van der Waals surface area contributed by atoms with Crippen molar-refractivity contribution in [3.05, 3.63) is 58.1 Å². The molecule has 2 aromatic rings. The first kappa shape index (κ1) is 15.7. The first-order valence-corrected chi connectivity index (χ1v) is 7.10. The van der Waals surface area contributed by atoms with Gasteiger partial charge in [0.05, 0.1) is 16.8 Å². The van der Waals surface area contributed by atoms with E-state index in [2.05, 4.69) is 21.2 Å². The van der Waals surface area contributed by atoms with Gasteiger partial charge in [-0.25, -0.2) is 0 Å². The topological polar surface area (TPSA) is 79.2 Å². The number of carbonyl (C=O) groups excluding carboxylic acids is 2. The van der Waals surface area contributed by atoms with Crippen LogP contribution in [0.1, 0.15) is 15.9 Å². The van der Waals surface area contributed by atoms with Crippen LogP contribution in [0.4, 0.5) is 5.69 Å². The number of nitriles is 1. The van der Waals surface area contributed by atoms with Crippen molar-refractivity contribution in [1.29, 1.82) is 5.26 Å². The minimum Gasteiger partial charge on any atom is -0.483 e. The molecule has 0 aliphatic heterocycles. The smallest absolute Gasteiger partial charge is 0.262 e. The molecule has 0 aromatic heterocycles. The predicted molar refractivity (Wildman–Crippen MR) is 84.8 cm³/mol. The van der Waals surface area contributed by atoms with Gasteiger partial charge in [-0.15, -0.1) is 0 Å². The number of anilines is 1. The first-order valence-electron chi connectivity index (χ1n) is 6.30. The summed E-state index contributed by atoms with van der Waals surface area (Å²) in [5.41, 5.74) is 1.14. The van der Waals surface area contributed by atoms with Gasteiger partial charge in [-0.3, -0.25) is 9.59 Å². The number of para-hydroxylation sites is 1. The lowest BCUT2D eigenvalue weighted by molar-refractivity contribution is -0.118. The number of amides is 1. The lowest BCUT2D eigenvalue weighted by Crippen LogP contribution is -2.21. The Labute approximate surface area is 135 Å². The van der Waals surface area contributed by atoms with Crippen molar-refractivity contribution in [1.82, 2.24) is 0 Å². The Morgan fingerprint density at radius 1 is 1.32 bits per heavy atom. The van der Waals surface area contributed by atoms with E-state index in [1.165, 1.54) is 0 Å². The minimum atomic E-state index is -0.414. The van der Waals surface area contributed by atoms with Crippen molar-refractivity contribution in [2.45, 2.75) is 0 Å². The van der Waals surface area contributed by atoms with Crippen molar-refractivity contribution in [2.24, 2.45) is 0 Å². The number of hydrogen-bond donors (Lipinski definition) is 1. The van der Waals surface area contributed by atoms with Gasteiger partial charge in [-0.2, -0.15) is 5.26 Å². The molecule has 0 fully saturated rings. The lowest BCUT2D eigenvalue weighted by atomic mass is 10.2. The molecule has 110 valence electrons. The molecular formula is C16H11BrN2O3. The largest absolute Gasteiger partial charge is 0.483 e. The summed E-state index contributed by atoms with van der Waals surface area (Å²) in [4.78, 5) is 22.8. The second-order valence-electron chi connectivity index (χ2n) is 4.29. The van der Waals surface area contributed by atoms with Crippen LogP contribution in [-0.4, -0.2) is 18.8 Å². The normalized spacial score (nSPS) is 9.64. The summed E-state index contributed by atoms with van der Waals surface area (Å²) in [5, 5.41) is 11.6. The maximum absolute atomic E-state index is 11.9. The lowest BCUT2D eigenvalue weighted by Gasteiger charge is -2.10. The summed E-state index contributed by atoms with van der Waals surface area (Å²) < 4.78 is 6.09. The van der Waals surface area contributed by atoms with Gasteiger partial charge in [0.1, 0.15) is 11.8 Å². The number of halogens is 1. The Morgan fingerprint density at radius 2 is 2.09 bits per heavy atom. The second-order valence-corrected chi connectivity index (χ2v) is 5.21. The second kappa shape index (κ2) is 7.38. The van der Waals surface area contributed by atoms with E-state index in [9.17, 15) is 9.59 Å². The van der Waals surface area contributed by atoms with Gasteiger partial charge in [0.25, 0.3) is 5.91 Å². The minimum absolute atomic E-state index is 0.262. The van der Waals surface area contributed by atoms with Crippen molar-refractivity contribution >= 4 is 33.8 Å². The van der Waals surface area contributed by atoms with E-state index in [4.69, 9.17) is 10.00 Å². The molecular weight excluding hydrogens is 348 g/mol. The molecule has 2 rings (SSSR count). The molecule has 0 heterocycles. The van der Waals surface area contributed by atoms with Gasteiger partial charge in [0.15, 0.2) is 12.9 Å². The molecule has 22 heavy (non-hydrogen) atoms. The number of carbonyl (C=O) groups is 2. The fraction of sp³-hybridized carbons (Fsp3) is 0.0625. The molecule has 6 heteroatoms. The zero-order valence-corrected chi connectivity index (χ0v) is 13.0. The zero-order chi connectivity index (χ0) is 15.9. The molecule has 0 spiro atoms. The molecule has 0 radical (unpaired) electrons. The standard InChI is InChI=1S/C16H11BrN2O3/c17-13-5-6-15(12(7-13)9-20)22-10-16(21)19-14-4-2-1-3-11(14)8-18/h1-7,9H,10H2,(H,19,21). The monoisotopic (exact) mass is 358 g/mol. The van der Waals surface area contributed by atoms with Crippen LogP contribution in [0.2, 0.25) is 0 Å². The summed E-state index contributed by atoms with van der Waals surface area (Å²) in [6.45, 7) is -0.262. The van der Waals surface area contributed by atoms with E-state index in [1.54, 1.807) is 42.5 Å². The van der Waals surface area contributed by atoms with Crippen LogP contribution < -0.4 is 10.1 Å². The summed E-state index contributed by atoms with van der Waals surface area (Å²) in [6.07, 6.45) is 0.656. The molecule has 0 saturated carbocycles. The molecule has 2 aromatic carbocycles. The van der Waals surface area contributed by atoms with E-state index >= 15 is 0 Å². The molecule has 0 aliphatic rings. The molecule has 0 atom stereocenters. The van der Waals surface area contributed by atoms with Crippen LogP contribution in [-0.2, 0) is 4.79 Å². The van der Waals surface area contributed by atoms with E-state index in [0.717, 1.165) is 4.47 Å². The number of aldehydes is 1. The van der Waals surface area contributed by atoms with Gasteiger partial charge < -0.3 is 10.1 Å². The Morgan fingerprint density at radius 3 is 2.82 bits per heavy atom. The molecule has 0 aliphatic carbocycles. The summed E-state index contributed by atoms with van der Waals surface area (Å²) in [5.74, 6) is -0.0932. The number of hydrogen-bond acceptors (Lipinski definition) is 4. The van der Waals surface area contributed by atoms with Crippen LogP contribution in [0.3, 0.4) is 0 Å². The maximum Gasteiger partial charge on any atom is 0.262 e. The van der Waals surface area contributed by atoms with Crippen molar-refractivity contribution < 1.29 is 14.3 Å². The van der Waals surface area contributed by atoms with Crippen LogP contribution >= 0.6 is 15.9 Å². The third-order valence-corrected chi connectivity index (χ3v) is 3.27. The molecule has 1 N–H and O–H groups in total. The number of rotatable bonds is 5. The van der Waals surface area contributed by atoms with Gasteiger partial charge in [-0.1, -0.05) is 28.1 Å². The van der Waals surface area contributed by atoms with Gasteiger partial charge in [0, 0.05) is 4.47 Å². The SMILES string of the molecule is N#Cc1ccccc1NC(=O)COc1ccc(Br)cc1C=O. The average molecular weight is 359 g/mol. The third-order valence-electron chi connectivity index (χ3n) is 2.78. The quantitative estimate of drug-likeness (QED) is 0.832. The highest BCUT2D eigenvalue weighted by Crippen LogP contribution is 2.21. The maximum atomic E-state index is 11.9. The fourth-order valence-corrected chi connectivity index (χ4v) is 2.14. The number of benzene rings is 2. The Hall–Kier alpha value is -2.65. The van der Waals surface area contributed by atoms with E-state index < -0.39 is 5.91 Å². The molecule has 0 unspecified atom stereocenters. The van der Waals surface area contributed by atoms with Gasteiger partial charge >= 0.3 is 0 Å². The van der Waals surface area contributed by atoms with Gasteiger partial charge in [-0.05, 0) is 30.3 Å². The zero-order valence-electron chi connectivity index (χ0n) is 11.4. The molecule has 1 amide bonds. The summed E-state index contributed by atoms with van der Waals surface area (Å²) >= 11 is 3.25. The number of ether oxygens (including phenoxy) is 1. The van der Waals surface area contributed by atoms with E-state index in [-0.39, 0.29) is 6.61 Å². The van der Waals surface area contributed by atoms with Crippen LogP contribution in [0.5, 0.6) is 5.75 Å². The van der Waals surface area contributed by atoms with Crippen molar-refractivity contribution in [3.8, 4) is 11.8 Å². The predicted octanol–water partition coefficient (Wildman–Crippen LogP) is 3.15. The van der Waals surface area contributed by atoms with Gasteiger partial charge in [0.2, 0.25) is 0 Å². The highest BCUT2D eigenvalue weighted by molar-refractivity contribution is 9.10. The molecule has 0 saturated heterocycles. The molecule has 5 nitrogen and oxygen atoms in total. The summed E-state index contributed by atoms with van der Waals surface area (Å²) in [7, 11) is 0. The average Bonchev–Trinajstić information content (AvgIpc) is 2.54. The Kier molecular flexibility index (Phi) is 5.28. The highest BCUT2D eigenvalue weighted by Gasteiger charge is 2.09. The van der Waals surface area contributed by atoms with E-state index in [1.807, 2.05) is 6.07 Å². The Balaban J connectivity index is 2.02. The first-order chi connectivity index (χ1) is 10.6. The van der Waals surface area contributed by atoms with E-state index in [0.29, 0.717) is 28.8 Å². The molecule has 0 bridgehead atoms. The van der Waals surface area contributed by atoms with Crippen LogP contribution in [0.15, 0.2) is 46.9 Å². The van der Waals surface area contributed by atoms with Crippen molar-refractivity contribution in [3.63, 3.8) is 0 Å². The third kappa shape index (κ3) is 3.93. The summed E-state index contributed by atoms with van der Waals surface area (Å²) in [6, 6.07) is 13.6. The highest BCUT2D eigenvalue weighted by atomic mass is 79.9. The Bertz CT molecular complexity index is 753. The van der Waals surface area contributed by atoms with Crippen molar-refractivity contribution in [2.75, 3.05) is 11.9 Å². The number of nitrogens with one attached hydrogen (secondary N) is 1. The van der Waals surface area contributed by atoms with Crippen LogP contribution in [0.25, 0.3) is 0 Å². The fourth-order valence-electron chi connectivity index (χ4n) is 1.76. The van der Waals surface area contributed by atoms with Crippen LogP contribution in [0, 0.1) is 11.3 Å².